The first kappa shape index (κ1) is 22.1. The SMILES string of the molecule is C=C1CCC(N2Cc3cc(C[C@H]4CCCC[C@@H]4NC(C)(C)CC)ccc3C2=O)C(=O)N1. The third-order valence-corrected chi connectivity index (χ3v) is 7.57. The quantitative estimate of drug-likeness (QED) is 0.717. The minimum Gasteiger partial charge on any atom is -0.329 e. The highest BCUT2D eigenvalue weighted by Crippen LogP contribution is 2.32. The fraction of sp³-hybridized carbons (Fsp3) is 0.615. The molecule has 1 saturated carbocycles. The molecule has 2 fully saturated rings. The van der Waals surface area contributed by atoms with E-state index in [-0.39, 0.29) is 17.4 Å². The van der Waals surface area contributed by atoms with Crippen molar-refractivity contribution >= 4 is 11.8 Å². The summed E-state index contributed by atoms with van der Waals surface area (Å²) in [5.74, 6) is 0.504. The Morgan fingerprint density at radius 2 is 1.97 bits per heavy atom. The number of benzene rings is 1. The van der Waals surface area contributed by atoms with Crippen LogP contribution in [0, 0.1) is 5.92 Å². The normalized spacial score (nSPS) is 26.7. The van der Waals surface area contributed by atoms with Crippen LogP contribution in [0.4, 0.5) is 0 Å². The van der Waals surface area contributed by atoms with Crippen LogP contribution < -0.4 is 10.6 Å². The van der Waals surface area contributed by atoms with Crippen LogP contribution in [0.15, 0.2) is 30.5 Å². The Bertz CT molecular complexity index is 875. The highest BCUT2D eigenvalue weighted by Gasteiger charge is 2.38. The van der Waals surface area contributed by atoms with Crippen LogP contribution in [0.3, 0.4) is 0 Å². The van der Waals surface area contributed by atoms with Gasteiger partial charge in [0.2, 0.25) is 5.91 Å². The number of rotatable bonds is 6. The van der Waals surface area contributed by atoms with E-state index in [4.69, 9.17) is 0 Å². The first-order valence-electron chi connectivity index (χ1n) is 12.0. The summed E-state index contributed by atoms with van der Waals surface area (Å²) in [4.78, 5) is 27.1. The molecular formula is C26H37N3O2. The predicted octanol–water partition coefficient (Wildman–Crippen LogP) is 4.31. The molecule has 2 amide bonds. The maximum absolute atomic E-state index is 13.0. The van der Waals surface area contributed by atoms with E-state index >= 15 is 0 Å². The summed E-state index contributed by atoms with van der Waals surface area (Å²) in [5.41, 5.74) is 4.04. The Hall–Kier alpha value is -2.14. The summed E-state index contributed by atoms with van der Waals surface area (Å²) >= 11 is 0. The Labute approximate surface area is 186 Å². The van der Waals surface area contributed by atoms with Crippen molar-refractivity contribution in [3.8, 4) is 0 Å². The highest BCUT2D eigenvalue weighted by atomic mass is 16.2. The lowest BCUT2D eigenvalue weighted by molar-refractivity contribution is -0.126. The fourth-order valence-electron chi connectivity index (χ4n) is 5.38. The molecule has 2 aliphatic heterocycles. The molecule has 0 spiro atoms. The van der Waals surface area contributed by atoms with E-state index in [0.29, 0.717) is 24.9 Å². The summed E-state index contributed by atoms with van der Waals surface area (Å²) in [6, 6.07) is 6.48. The maximum Gasteiger partial charge on any atom is 0.255 e. The van der Waals surface area contributed by atoms with Gasteiger partial charge >= 0.3 is 0 Å². The standard InChI is InChI=1S/C26H37N3O2/c1-5-26(3,4)28-22-9-7-6-8-19(22)14-18-11-12-21-20(15-18)16-29(25(21)31)23-13-10-17(2)27-24(23)30/h11-12,15,19,22-23,28H,2,5-10,13-14,16H2,1,3-4H3,(H,27,30)/t19-,22+,23?/m1/s1. The Morgan fingerprint density at radius 1 is 1.19 bits per heavy atom. The van der Waals surface area contributed by atoms with Gasteiger partial charge in [-0.1, -0.05) is 38.5 Å². The fourth-order valence-corrected chi connectivity index (χ4v) is 5.38. The number of amides is 2. The zero-order chi connectivity index (χ0) is 22.2. The second-order valence-electron chi connectivity index (χ2n) is 10.3. The summed E-state index contributed by atoms with van der Waals surface area (Å²) < 4.78 is 0. The average molecular weight is 424 g/mol. The van der Waals surface area contributed by atoms with E-state index < -0.39 is 6.04 Å². The van der Waals surface area contributed by atoms with Gasteiger partial charge < -0.3 is 15.5 Å². The Kier molecular flexibility index (Phi) is 6.25. The van der Waals surface area contributed by atoms with E-state index in [0.717, 1.165) is 36.1 Å². The van der Waals surface area contributed by atoms with Crippen LogP contribution in [0.25, 0.3) is 0 Å². The van der Waals surface area contributed by atoms with Crippen molar-refractivity contribution in [3.63, 3.8) is 0 Å². The van der Waals surface area contributed by atoms with Gasteiger partial charge in [0, 0.05) is 29.4 Å². The molecule has 5 nitrogen and oxygen atoms in total. The smallest absolute Gasteiger partial charge is 0.255 e. The van der Waals surface area contributed by atoms with Crippen molar-refractivity contribution in [1.82, 2.24) is 15.5 Å². The number of nitrogens with zero attached hydrogens (tertiary/aromatic N) is 1. The number of carbonyl (C=O) groups excluding carboxylic acids is 2. The molecule has 168 valence electrons. The third kappa shape index (κ3) is 4.72. The summed E-state index contributed by atoms with van der Waals surface area (Å²) in [7, 11) is 0. The van der Waals surface area contributed by atoms with Crippen molar-refractivity contribution in [1.29, 1.82) is 0 Å². The predicted molar refractivity (Wildman–Crippen MR) is 124 cm³/mol. The molecule has 0 aromatic heterocycles. The molecule has 1 aromatic carbocycles. The first-order valence-corrected chi connectivity index (χ1v) is 12.0. The van der Waals surface area contributed by atoms with Gasteiger partial charge in [-0.3, -0.25) is 9.59 Å². The number of hydrogen-bond donors (Lipinski definition) is 2. The van der Waals surface area contributed by atoms with Gasteiger partial charge in [0.1, 0.15) is 6.04 Å². The van der Waals surface area contributed by atoms with E-state index in [1.54, 1.807) is 4.90 Å². The third-order valence-electron chi connectivity index (χ3n) is 7.57. The minimum atomic E-state index is -0.392. The maximum atomic E-state index is 13.0. The molecule has 1 aliphatic carbocycles. The van der Waals surface area contributed by atoms with E-state index in [1.807, 2.05) is 6.07 Å². The zero-order valence-corrected chi connectivity index (χ0v) is 19.3. The average Bonchev–Trinajstić information content (AvgIpc) is 3.05. The molecule has 3 aliphatic rings. The van der Waals surface area contributed by atoms with Crippen molar-refractivity contribution in [3.05, 3.63) is 47.2 Å². The number of hydrogen-bond acceptors (Lipinski definition) is 3. The van der Waals surface area contributed by atoms with Gasteiger partial charge in [0.25, 0.3) is 5.91 Å². The van der Waals surface area contributed by atoms with Gasteiger partial charge in [0.05, 0.1) is 0 Å². The van der Waals surface area contributed by atoms with Crippen molar-refractivity contribution in [2.45, 2.75) is 96.3 Å². The zero-order valence-electron chi connectivity index (χ0n) is 19.3. The van der Waals surface area contributed by atoms with E-state index in [9.17, 15) is 9.59 Å². The van der Waals surface area contributed by atoms with Crippen LogP contribution >= 0.6 is 0 Å². The number of allylic oxidation sites excluding steroid dienone is 1. The monoisotopic (exact) mass is 423 g/mol. The number of piperidine rings is 1. The lowest BCUT2D eigenvalue weighted by Gasteiger charge is -2.38. The van der Waals surface area contributed by atoms with Gasteiger partial charge in [-0.25, -0.2) is 0 Å². The molecule has 1 unspecified atom stereocenters. The molecule has 1 aromatic rings. The van der Waals surface area contributed by atoms with Crippen molar-refractivity contribution < 1.29 is 9.59 Å². The van der Waals surface area contributed by atoms with E-state index in [1.165, 1.54) is 31.2 Å². The van der Waals surface area contributed by atoms with Crippen LogP contribution in [0.5, 0.6) is 0 Å². The molecule has 0 bridgehead atoms. The van der Waals surface area contributed by atoms with Gasteiger partial charge in [-0.05, 0) is 75.5 Å². The van der Waals surface area contributed by atoms with Crippen LogP contribution in [-0.4, -0.2) is 34.3 Å². The summed E-state index contributed by atoms with van der Waals surface area (Å²) in [5, 5.41) is 6.73. The largest absolute Gasteiger partial charge is 0.329 e. The summed E-state index contributed by atoms with van der Waals surface area (Å²) in [6.07, 6.45) is 8.65. The molecule has 31 heavy (non-hydrogen) atoms. The lowest BCUT2D eigenvalue weighted by Crippen LogP contribution is -2.50. The number of nitrogens with one attached hydrogen (secondary N) is 2. The molecule has 0 radical (unpaired) electrons. The lowest BCUT2D eigenvalue weighted by atomic mass is 9.79. The molecule has 1 saturated heterocycles. The number of fused-ring (bicyclic) bond motifs is 1. The second-order valence-corrected chi connectivity index (χ2v) is 10.3. The highest BCUT2D eigenvalue weighted by molar-refractivity contribution is 6.01. The first-order chi connectivity index (χ1) is 14.8. The van der Waals surface area contributed by atoms with Crippen molar-refractivity contribution in [2.75, 3.05) is 0 Å². The van der Waals surface area contributed by atoms with Crippen LogP contribution in [0.2, 0.25) is 0 Å². The molecule has 2 heterocycles. The van der Waals surface area contributed by atoms with Gasteiger partial charge in [-0.2, -0.15) is 0 Å². The molecule has 5 heteroatoms. The van der Waals surface area contributed by atoms with Crippen LogP contribution in [0.1, 0.15) is 87.2 Å². The van der Waals surface area contributed by atoms with Crippen LogP contribution in [-0.2, 0) is 17.8 Å². The van der Waals surface area contributed by atoms with Gasteiger partial charge in [0.15, 0.2) is 0 Å². The number of carbonyl (C=O) groups is 2. The topological polar surface area (TPSA) is 61.4 Å². The molecule has 2 N–H and O–H groups in total. The Morgan fingerprint density at radius 3 is 2.71 bits per heavy atom. The Balaban J connectivity index is 1.46. The summed E-state index contributed by atoms with van der Waals surface area (Å²) in [6.45, 7) is 11.2. The second kappa shape index (κ2) is 8.78. The minimum absolute atomic E-state index is 0.0175. The molecule has 3 atom stereocenters. The molecular weight excluding hydrogens is 386 g/mol. The molecule has 4 rings (SSSR count). The van der Waals surface area contributed by atoms with E-state index in [2.05, 4.69) is 50.1 Å². The van der Waals surface area contributed by atoms with Gasteiger partial charge in [-0.15, -0.1) is 0 Å². The van der Waals surface area contributed by atoms with Crippen molar-refractivity contribution in [2.24, 2.45) is 5.92 Å².